The highest BCUT2D eigenvalue weighted by Crippen LogP contribution is 2.58. The molecule has 3 rings (SSSR count). The van der Waals surface area contributed by atoms with E-state index in [1.807, 2.05) is 27.7 Å². The lowest BCUT2D eigenvalue weighted by Crippen LogP contribution is -2.44. The quantitative estimate of drug-likeness (QED) is 0.610. The number of ether oxygens (including phenoxy) is 1. The van der Waals surface area contributed by atoms with Crippen LogP contribution in [0.1, 0.15) is 39.4 Å². The Hall–Kier alpha value is -0.953. The Morgan fingerprint density at radius 1 is 1.37 bits per heavy atom. The third kappa shape index (κ3) is 3.95. The Bertz CT molecular complexity index is 772. The minimum absolute atomic E-state index is 0.120. The van der Waals surface area contributed by atoms with Gasteiger partial charge in [0.25, 0.3) is 5.56 Å². The Kier molecular flexibility index (Phi) is 6.30. The van der Waals surface area contributed by atoms with Gasteiger partial charge in [0, 0.05) is 17.2 Å². The van der Waals surface area contributed by atoms with Crippen molar-refractivity contribution in [1.29, 1.82) is 0 Å². The maximum Gasteiger partial charge on any atom is 0.345 e. The number of aromatic nitrogens is 2. The zero-order chi connectivity index (χ0) is 19.8. The molecule has 6 atom stereocenters. The van der Waals surface area contributed by atoms with E-state index in [1.165, 1.54) is 6.20 Å². The Labute approximate surface area is 161 Å². The second-order valence-electron chi connectivity index (χ2n) is 6.94. The molecular formula is C16H28N2O7SSi. The third-order valence-electron chi connectivity index (χ3n) is 4.93. The van der Waals surface area contributed by atoms with Crippen molar-refractivity contribution in [3.63, 3.8) is 0 Å². The maximum absolute atomic E-state index is 12.2. The van der Waals surface area contributed by atoms with Crippen molar-refractivity contribution in [2.24, 2.45) is 0 Å². The lowest BCUT2D eigenvalue weighted by atomic mass is 10.0. The van der Waals surface area contributed by atoms with E-state index in [4.69, 9.17) is 17.2 Å². The standard InChI is InChI=1S/C16H28N2O7SSi/c1-5-26(9(3)4)24-14-11(8-22-27(6-2)25-26)23-13(12(14)19)10-7-17-16(21)18-15(10)20/h7,9,11-14,19,27H,5-6,8H2,1-4H3,(H2,17,18,20,21)/t11-,12-,13+,14+,27?/m1/s1. The Balaban J connectivity index is 1.94. The highest BCUT2D eigenvalue weighted by Gasteiger charge is 2.50. The predicted octanol–water partition coefficient (Wildman–Crippen LogP) is 0.599. The SMILES string of the molecule is CC[SiH]1OC[C@H]2O[C@@H](c3c[nH]c(=O)[nH]c3=O)[C@@H](O)[C@H]2OS(CC)(C(C)C)O1. The second kappa shape index (κ2) is 8.19. The van der Waals surface area contributed by atoms with Crippen LogP contribution in [0.2, 0.25) is 6.04 Å². The molecule has 1 aromatic heterocycles. The molecule has 2 unspecified atom stereocenters. The lowest BCUT2D eigenvalue weighted by Gasteiger charge is -2.51. The molecule has 0 saturated carbocycles. The van der Waals surface area contributed by atoms with Crippen LogP contribution >= 0.6 is 10.6 Å². The molecule has 2 saturated heterocycles. The minimum Gasteiger partial charge on any atom is -0.393 e. The number of H-pyrrole nitrogens is 2. The first-order valence-electron chi connectivity index (χ1n) is 9.24. The molecule has 9 nitrogen and oxygen atoms in total. The highest BCUT2D eigenvalue weighted by atomic mass is 32.3. The number of aliphatic hydroxyl groups excluding tert-OH is 1. The smallest absolute Gasteiger partial charge is 0.345 e. The van der Waals surface area contributed by atoms with E-state index in [9.17, 15) is 14.7 Å². The average Bonchev–Trinajstić information content (AvgIpc) is 2.90. The summed E-state index contributed by atoms with van der Waals surface area (Å²) in [6, 6.07) is 0.799. The van der Waals surface area contributed by atoms with Gasteiger partial charge in [0.1, 0.15) is 24.4 Å². The highest BCUT2D eigenvalue weighted by molar-refractivity contribution is 8.26. The molecule has 0 spiro atoms. The van der Waals surface area contributed by atoms with Crippen LogP contribution in [0, 0.1) is 0 Å². The Morgan fingerprint density at radius 3 is 2.70 bits per heavy atom. The Morgan fingerprint density at radius 2 is 2.11 bits per heavy atom. The molecule has 0 aromatic carbocycles. The van der Waals surface area contributed by atoms with Crippen molar-refractivity contribution in [3.8, 4) is 0 Å². The predicted molar refractivity (Wildman–Crippen MR) is 104 cm³/mol. The van der Waals surface area contributed by atoms with Crippen molar-refractivity contribution >= 4 is 19.9 Å². The second-order valence-corrected chi connectivity index (χ2v) is 12.8. The minimum atomic E-state index is -1.93. The summed E-state index contributed by atoms with van der Waals surface area (Å²) >= 11 is 0. The molecule has 0 radical (unpaired) electrons. The summed E-state index contributed by atoms with van der Waals surface area (Å²) in [4.78, 5) is 28.0. The van der Waals surface area contributed by atoms with Crippen molar-refractivity contribution in [2.45, 2.75) is 63.4 Å². The van der Waals surface area contributed by atoms with E-state index in [0.29, 0.717) is 5.75 Å². The van der Waals surface area contributed by atoms with Crippen LogP contribution in [0.4, 0.5) is 0 Å². The number of rotatable bonds is 4. The van der Waals surface area contributed by atoms with Crippen LogP contribution in [0.5, 0.6) is 0 Å². The van der Waals surface area contributed by atoms with Crippen LogP contribution in [0.15, 0.2) is 15.8 Å². The van der Waals surface area contributed by atoms with Crippen LogP contribution < -0.4 is 11.2 Å². The van der Waals surface area contributed by atoms with Gasteiger partial charge in [-0.1, -0.05) is 6.92 Å². The van der Waals surface area contributed by atoms with Gasteiger partial charge < -0.3 is 19.3 Å². The summed E-state index contributed by atoms with van der Waals surface area (Å²) in [5.74, 6) is 0.678. The van der Waals surface area contributed by atoms with Gasteiger partial charge in [0.05, 0.1) is 12.2 Å². The van der Waals surface area contributed by atoms with Crippen molar-refractivity contribution < 1.29 is 22.3 Å². The van der Waals surface area contributed by atoms with Crippen molar-refractivity contribution in [3.05, 3.63) is 32.6 Å². The molecule has 154 valence electrons. The fourth-order valence-electron chi connectivity index (χ4n) is 3.38. The number of aromatic amines is 2. The van der Waals surface area contributed by atoms with Crippen LogP contribution in [-0.2, 0) is 17.2 Å². The van der Waals surface area contributed by atoms with Crippen LogP contribution in [0.25, 0.3) is 0 Å². The number of nitrogens with one attached hydrogen (secondary N) is 2. The molecule has 0 aliphatic carbocycles. The summed E-state index contributed by atoms with van der Waals surface area (Å²) in [5, 5.41) is 11.0. The fraction of sp³-hybridized carbons (Fsp3) is 0.750. The number of hydrogen-bond donors (Lipinski definition) is 3. The van der Waals surface area contributed by atoms with E-state index in [1.54, 1.807) is 0 Å². The van der Waals surface area contributed by atoms with E-state index < -0.39 is 55.5 Å². The van der Waals surface area contributed by atoms with Crippen LogP contribution in [0.3, 0.4) is 0 Å². The van der Waals surface area contributed by atoms with Gasteiger partial charge in [-0.25, -0.2) is 4.79 Å². The number of aliphatic hydroxyl groups is 1. The van der Waals surface area contributed by atoms with E-state index >= 15 is 0 Å². The van der Waals surface area contributed by atoms with Crippen molar-refractivity contribution in [2.75, 3.05) is 12.4 Å². The molecule has 3 N–H and O–H groups in total. The first-order valence-corrected chi connectivity index (χ1v) is 12.7. The molecule has 2 fully saturated rings. The molecule has 1 aromatic rings. The largest absolute Gasteiger partial charge is 0.393 e. The third-order valence-corrected chi connectivity index (χ3v) is 11.1. The van der Waals surface area contributed by atoms with Gasteiger partial charge in [-0.15, -0.1) is 0 Å². The number of hydrogen-bond acceptors (Lipinski definition) is 7. The first-order chi connectivity index (χ1) is 12.8. The zero-order valence-electron chi connectivity index (χ0n) is 16.0. The van der Waals surface area contributed by atoms with E-state index in [0.717, 1.165) is 6.04 Å². The molecule has 2 aliphatic rings. The maximum atomic E-state index is 12.2. The monoisotopic (exact) mass is 420 g/mol. The molecule has 2 aliphatic heterocycles. The van der Waals surface area contributed by atoms with Gasteiger partial charge in [-0.2, -0.15) is 10.6 Å². The van der Waals surface area contributed by atoms with E-state index in [-0.39, 0.29) is 17.4 Å². The summed E-state index contributed by atoms with van der Waals surface area (Å²) in [6.45, 7) is 8.37. The summed E-state index contributed by atoms with van der Waals surface area (Å²) in [6.07, 6.45) is -1.90. The summed E-state index contributed by atoms with van der Waals surface area (Å²) < 4.78 is 24.8. The van der Waals surface area contributed by atoms with Gasteiger partial charge in [0.15, 0.2) is 0 Å². The van der Waals surface area contributed by atoms with Crippen LogP contribution in [-0.4, -0.2) is 60.3 Å². The molecule has 3 heterocycles. The molecular weight excluding hydrogens is 392 g/mol. The van der Waals surface area contributed by atoms with Gasteiger partial charge in [-0.3, -0.25) is 17.8 Å². The first kappa shape index (κ1) is 20.8. The normalized spacial score (nSPS) is 39.4. The molecule has 0 bridgehead atoms. The topological polar surface area (TPSA) is 123 Å². The zero-order valence-corrected chi connectivity index (χ0v) is 17.9. The summed E-state index contributed by atoms with van der Waals surface area (Å²) in [7, 11) is -3.86. The van der Waals surface area contributed by atoms with Gasteiger partial charge in [0.2, 0.25) is 0 Å². The molecule has 0 amide bonds. The molecule has 27 heavy (non-hydrogen) atoms. The molecule has 11 heteroatoms. The number of fused-ring (bicyclic) bond motifs is 1. The fourth-order valence-corrected chi connectivity index (χ4v) is 9.49. The lowest BCUT2D eigenvalue weighted by molar-refractivity contribution is -0.0207. The van der Waals surface area contributed by atoms with Gasteiger partial charge in [-0.05, 0) is 26.8 Å². The van der Waals surface area contributed by atoms with Crippen molar-refractivity contribution in [1.82, 2.24) is 9.97 Å². The summed E-state index contributed by atoms with van der Waals surface area (Å²) in [5.41, 5.74) is -1.04. The average molecular weight is 421 g/mol. The van der Waals surface area contributed by atoms with E-state index in [2.05, 4.69) is 9.97 Å². The van der Waals surface area contributed by atoms with Gasteiger partial charge >= 0.3 is 15.0 Å².